The van der Waals surface area contributed by atoms with E-state index in [2.05, 4.69) is 10.6 Å². The Morgan fingerprint density at radius 1 is 1.15 bits per heavy atom. The molecule has 6 heteroatoms. The SMILES string of the molecule is CNC(=O)[C@@H]1CN(CC(=O)Nc2ccc(C)c(C)c2)c2ccccc2O1. The van der Waals surface area contributed by atoms with Crippen molar-refractivity contribution in [2.24, 2.45) is 0 Å². The molecule has 0 unspecified atom stereocenters. The first kappa shape index (κ1) is 17.8. The van der Waals surface area contributed by atoms with Crippen molar-refractivity contribution in [1.82, 2.24) is 5.32 Å². The van der Waals surface area contributed by atoms with Gasteiger partial charge >= 0.3 is 0 Å². The summed E-state index contributed by atoms with van der Waals surface area (Å²) in [6.07, 6.45) is -0.649. The number of hydrogen-bond donors (Lipinski definition) is 2. The Bertz CT molecular complexity index is 835. The van der Waals surface area contributed by atoms with Gasteiger partial charge in [-0.15, -0.1) is 0 Å². The van der Waals surface area contributed by atoms with Crippen molar-refractivity contribution in [3.05, 3.63) is 53.6 Å². The molecule has 3 rings (SSSR count). The number of likely N-dealkylation sites (N-methyl/N-ethyl adjacent to an activating group) is 1. The van der Waals surface area contributed by atoms with Gasteiger partial charge in [-0.2, -0.15) is 0 Å². The van der Waals surface area contributed by atoms with Gasteiger partial charge in [0.25, 0.3) is 5.91 Å². The first-order valence-electron chi connectivity index (χ1n) is 8.57. The van der Waals surface area contributed by atoms with Crippen LogP contribution in [-0.2, 0) is 9.59 Å². The summed E-state index contributed by atoms with van der Waals surface area (Å²) >= 11 is 0. The minimum Gasteiger partial charge on any atom is -0.477 e. The summed E-state index contributed by atoms with van der Waals surface area (Å²) in [7, 11) is 1.57. The smallest absolute Gasteiger partial charge is 0.262 e. The maximum absolute atomic E-state index is 12.5. The third kappa shape index (κ3) is 3.79. The van der Waals surface area contributed by atoms with E-state index in [4.69, 9.17) is 4.74 Å². The number of nitrogens with one attached hydrogen (secondary N) is 2. The number of nitrogens with zero attached hydrogens (tertiary/aromatic N) is 1. The Morgan fingerprint density at radius 3 is 2.65 bits per heavy atom. The molecule has 0 radical (unpaired) electrons. The molecule has 2 aromatic rings. The van der Waals surface area contributed by atoms with Crippen LogP contribution in [0.15, 0.2) is 42.5 Å². The van der Waals surface area contributed by atoms with Gasteiger partial charge in [0.2, 0.25) is 5.91 Å². The number of anilines is 2. The first-order chi connectivity index (χ1) is 12.5. The van der Waals surface area contributed by atoms with E-state index in [1.807, 2.05) is 55.1 Å². The molecular formula is C20H23N3O3. The molecule has 1 aliphatic rings. The van der Waals surface area contributed by atoms with Crippen LogP contribution in [0.3, 0.4) is 0 Å². The topological polar surface area (TPSA) is 70.7 Å². The summed E-state index contributed by atoms with van der Waals surface area (Å²) in [4.78, 5) is 26.4. The fraction of sp³-hybridized carbons (Fsp3) is 0.300. The lowest BCUT2D eigenvalue weighted by molar-refractivity contribution is -0.127. The van der Waals surface area contributed by atoms with Crippen LogP contribution in [0.4, 0.5) is 11.4 Å². The molecule has 0 bridgehead atoms. The van der Waals surface area contributed by atoms with Crippen LogP contribution in [-0.4, -0.2) is 38.1 Å². The van der Waals surface area contributed by atoms with Crippen LogP contribution in [0.1, 0.15) is 11.1 Å². The lowest BCUT2D eigenvalue weighted by atomic mass is 10.1. The van der Waals surface area contributed by atoms with Crippen LogP contribution >= 0.6 is 0 Å². The second-order valence-electron chi connectivity index (χ2n) is 6.42. The van der Waals surface area contributed by atoms with E-state index in [0.29, 0.717) is 12.3 Å². The lowest BCUT2D eigenvalue weighted by Gasteiger charge is -2.35. The highest BCUT2D eigenvalue weighted by Crippen LogP contribution is 2.33. The third-order valence-electron chi connectivity index (χ3n) is 4.53. The van der Waals surface area contributed by atoms with Crippen molar-refractivity contribution >= 4 is 23.2 Å². The normalized spacial score (nSPS) is 15.7. The van der Waals surface area contributed by atoms with Gasteiger partial charge in [0, 0.05) is 12.7 Å². The molecule has 136 valence electrons. The monoisotopic (exact) mass is 353 g/mol. The van der Waals surface area contributed by atoms with E-state index >= 15 is 0 Å². The quantitative estimate of drug-likeness (QED) is 0.885. The molecule has 0 aliphatic carbocycles. The molecule has 0 saturated heterocycles. The van der Waals surface area contributed by atoms with Crippen LogP contribution in [0.2, 0.25) is 0 Å². The van der Waals surface area contributed by atoms with E-state index in [0.717, 1.165) is 16.9 Å². The Hall–Kier alpha value is -3.02. The van der Waals surface area contributed by atoms with Crippen molar-refractivity contribution in [2.75, 3.05) is 30.4 Å². The number of benzene rings is 2. The highest BCUT2D eigenvalue weighted by molar-refractivity contribution is 5.95. The van der Waals surface area contributed by atoms with Crippen molar-refractivity contribution < 1.29 is 14.3 Å². The van der Waals surface area contributed by atoms with Gasteiger partial charge in [-0.25, -0.2) is 0 Å². The van der Waals surface area contributed by atoms with Gasteiger partial charge in [-0.05, 0) is 49.2 Å². The zero-order valence-electron chi connectivity index (χ0n) is 15.2. The molecule has 0 fully saturated rings. The fourth-order valence-corrected chi connectivity index (χ4v) is 2.95. The number of ether oxygens (including phenoxy) is 1. The van der Waals surface area contributed by atoms with Gasteiger partial charge in [0.1, 0.15) is 5.75 Å². The van der Waals surface area contributed by atoms with Gasteiger partial charge in [0.15, 0.2) is 6.10 Å². The number of hydrogen-bond acceptors (Lipinski definition) is 4. The van der Waals surface area contributed by atoms with Gasteiger partial charge < -0.3 is 20.3 Å². The van der Waals surface area contributed by atoms with Crippen molar-refractivity contribution in [3.8, 4) is 5.75 Å². The Labute approximate surface area is 153 Å². The Morgan fingerprint density at radius 2 is 1.92 bits per heavy atom. The highest BCUT2D eigenvalue weighted by Gasteiger charge is 2.30. The van der Waals surface area contributed by atoms with Gasteiger partial charge in [0.05, 0.1) is 18.8 Å². The molecule has 0 spiro atoms. The molecule has 26 heavy (non-hydrogen) atoms. The Balaban J connectivity index is 1.75. The molecule has 6 nitrogen and oxygen atoms in total. The predicted octanol–water partition coefficient (Wildman–Crippen LogP) is 2.26. The number of para-hydroxylation sites is 2. The van der Waals surface area contributed by atoms with Crippen LogP contribution < -0.4 is 20.3 Å². The minimum absolute atomic E-state index is 0.138. The van der Waals surface area contributed by atoms with Gasteiger partial charge in [-0.1, -0.05) is 18.2 Å². The fourth-order valence-electron chi connectivity index (χ4n) is 2.95. The van der Waals surface area contributed by atoms with Crippen LogP contribution in [0, 0.1) is 13.8 Å². The second-order valence-corrected chi connectivity index (χ2v) is 6.42. The Kier molecular flexibility index (Phi) is 5.11. The van der Waals surface area contributed by atoms with E-state index in [9.17, 15) is 9.59 Å². The zero-order chi connectivity index (χ0) is 18.7. The average molecular weight is 353 g/mol. The molecule has 2 amide bonds. The lowest BCUT2D eigenvalue weighted by Crippen LogP contribution is -2.50. The number of carbonyl (C=O) groups is 2. The van der Waals surface area contributed by atoms with E-state index in [1.165, 1.54) is 5.56 Å². The molecule has 2 N–H and O–H groups in total. The van der Waals surface area contributed by atoms with Crippen molar-refractivity contribution in [3.63, 3.8) is 0 Å². The summed E-state index contributed by atoms with van der Waals surface area (Å²) in [5.41, 5.74) is 3.88. The average Bonchev–Trinajstić information content (AvgIpc) is 2.64. The number of rotatable bonds is 4. The minimum atomic E-state index is -0.649. The number of aryl methyl sites for hydroxylation is 2. The maximum Gasteiger partial charge on any atom is 0.262 e. The number of carbonyl (C=O) groups excluding carboxylic acids is 2. The number of fused-ring (bicyclic) bond motifs is 1. The standard InChI is InChI=1S/C20H23N3O3/c1-13-8-9-15(10-14(13)2)22-19(24)12-23-11-18(20(25)21-3)26-17-7-5-4-6-16(17)23/h4-10,18H,11-12H2,1-3H3,(H,21,25)(H,22,24)/t18-/m0/s1. The van der Waals surface area contributed by atoms with Crippen molar-refractivity contribution in [1.29, 1.82) is 0 Å². The maximum atomic E-state index is 12.5. The molecule has 1 heterocycles. The first-order valence-corrected chi connectivity index (χ1v) is 8.57. The molecule has 0 aromatic heterocycles. The summed E-state index contributed by atoms with van der Waals surface area (Å²) < 4.78 is 5.76. The summed E-state index contributed by atoms with van der Waals surface area (Å²) in [5.74, 6) is 0.256. The molecule has 1 atom stereocenters. The van der Waals surface area contributed by atoms with E-state index < -0.39 is 6.10 Å². The summed E-state index contributed by atoms with van der Waals surface area (Å²) in [6.45, 7) is 4.50. The summed E-state index contributed by atoms with van der Waals surface area (Å²) in [6, 6.07) is 13.2. The second kappa shape index (κ2) is 7.47. The molecule has 1 aliphatic heterocycles. The molecule has 2 aromatic carbocycles. The zero-order valence-corrected chi connectivity index (χ0v) is 15.2. The highest BCUT2D eigenvalue weighted by atomic mass is 16.5. The molecule has 0 saturated carbocycles. The predicted molar refractivity (Wildman–Crippen MR) is 102 cm³/mol. The van der Waals surface area contributed by atoms with E-state index in [-0.39, 0.29) is 18.4 Å². The van der Waals surface area contributed by atoms with E-state index in [1.54, 1.807) is 13.1 Å². The van der Waals surface area contributed by atoms with Crippen LogP contribution in [0.25, 0.3) is 0 Å². The largest absolute Gasteiger partial charge is 0.477 e. The van der Waals surface area contributed by atoms with Crippen LogP contribution in [0.5, 0.6) is 5.75 Å². The van der Waals surface area contributed by atoms with Gasteiger partial charge in [-0.3, -0.25) is 9.59 Å². The number of amides is 2. The summed E-state index contributed by atoms with van der Waals surface area (Å²) in [5, 5.41) is 5.52. The van der Waals surface area contributed by atoms with Crippen molar-refractivity contribution in [2.45, 2.75) is 20.0 Å². The third-order valence-corrected chi connectivity index (χ3v) is 4.53. The molecular weight excluding hydrogens is 330 g/mol.